The van der Waals surface area contributed by atoms with Crippen LogP contribution in [0.5, 0.6) is 0 Å². The van der Waals surface area contributed by atoms with Crippen LogP contribution in [-0.2, 0) is 4.74 Å². The molecule has 0 aliphatic carbocycles. The SMILES string of the molecule is COC(=O)c1ccc(C(=O)N[C@H](C)c2ccc(Cl)cc2)cc1. The number of hydrogen-bond acceptors (Lipinski definition) is 3. The second-order valence-corrected chi connectivity index (χ2v) is 5.25. The van der Waals surface area contributed by atoms with Crippen LogP contribution in [0.3, 0.4) is 0 Å². The maximum absolute atomic E-state index is 12.2. The first-order valence-electron chi connectivity index (χ1n) is 6.76. The van der Waals surface area contributed by atoms with Gasteiger partial charge in [0, 0.05) is 10.6 Å². The van der Waals surface area contributed by atoms with Crippen molar-refractivity contribution in [3.63, 3.8) is 0 Å². The molecule has 0 heterocycles. The highest BCUT2D eigenvalue weighted by Crippen LogP contribution is 2.16. The summed E-state index contributed by atoms with van der Waals surface area (Å²) in [5.74, 6) is -0.639. The average Bonchev–Trinajstić information content (AvgIpc) is 2.54. The summed E-state index contributed by atoms with van der Waals surface area (Å²) < 4.78 is 4.62. The molecule has 0 aliphatic rings. The van der Waals surface area contributed by atoms with Crippen molar-refractivity contribution in [1.82, 2.24) is 5.32 Å². The normalized spacial score (nSPS) is 11.6. The van der Waals surface area contributed by atoms with Crippen molar-refractivity contribution in [1.29, 1.82) is 0 Å². The van der Waals surface area contributed by atoms with E-state index in [4.69, 9.17) is 11.6 Å². The number of carbonyl (C=O) groups is 2. The van der Waals surface area contributed by atoms with E-state index in [9.17, 15) is 9.59 Å². The van der Waals surface area contributed by atoms with Crippen LogP contribution in [0.1, 0.15) is 39.2 Å². The van der Waals surface area contributed by atoms with Crippen molar-refractivity contribution in [2.24, 2.45) is 0 Å². The van der Waals surface area contributed by atoms with E-state index in [0.29, 0.717) is 16.1 Å². The number of carbonyl (C=O) groups excluding carboxylic acids is 2. The van der Waals surface area contributed by atoms with E-state index in [2.05, 4.69) is 10.1 Å². The molecule has 2 rings (SSSR count). The Morgan fingerprint density at radius 2 is 1.55 bits per heavy atom. The number of amides is 1. The van der Waals surface area contributed by atoms with Gasteiger partial charge in [0.25, 0.3) is 5.91 Å². The molecule has 0 saturated carbocycles. The lowest BCUT2D eigenvalue weighted by molar-refractivity contribution is 0.0600. The van der Waals surface area contributed by atoms with Crippen LogP contribution in [0.15, 0.2) is 48.5 Å². The van der Waals surface area contributed by atoms with Crippen LogP contribution in [0.2, 0.25) is 5.02 Å². The minimum atomic E-state index is -0.429. The van der Waals surface area contributed by atoms with Gasteiger partial charge < -0.3 is 10.1 Å². The smallest absolute Gasteiger partial charge is 0.337 e. The molecule has 2 aromatic carbocycles. The number of methoxy groups -OCH3 is 1. The molecule has 0 aliphatic heterocycles. The molecule has 22 heavy (non-hydrogen) atoms. The summed E-state index contributed by atoms with van der Waals surface area (Å²) in [6.45, 7) is 1.89. The molecule has 0 radical (unpaired) electrons. The number of benzene rings is 2. The lowest BCUT2D eigenvalue weighted by Gasteiger charge is -2.14. The van der Waals surface area contributed by atoms with E-state index in [0.717, 1.165) is 5.56 Å². The molecule has 1 N–H and O–H groups in total. The highest BCUT2D eigenvalue weighted by molar-refractivity contribution is 6.30. The summed E-state index contributed by atoms with van der Waals surface area (Å²) >= 11 is 5.85. The number of halogens is 1. The largest absolute Gasteiger partial charge is 0.465 e. The van der Waals surface area contributed by atoms with Crippen LogP contribution < -0.4 is 5.32 Å². The minimum Gasteiger partial charge on any atom is -0.465 e. The molecule has 114 valence electrons. The van der Waals surface area contributed by atoms with Crippen LogP contribution >= 0.6 is 11.6 Å². The summed E-state index contributed by atoms with van der Waals surface area (Å²) in [6, 6.07) is 13.5. The van der Waals surface area contributed by atoms with Crippen molar-refractivity contribution in [2.75, 3.05) is 7.11 Å². The monoisotopic (exact) mass is 317 g/mol. The molecule has 4 nitrogen and oxygen atoms in total. The van der Waals surface area contributed by atoms with Gasteiger partial charge >= 0.3 is 5.97 Å². The summed E-state index contributed by atoms with van der Waals surface area (Å²) in [6.07, 6.45) is 0. The number of nitrogens with one attached hydrogen (secondary N) is 1. The molecule has 0 fully saturated rings. The van der Waals surface area contributed by atoms with Crippen LogP contribution in [0, 0.1) is 0 Å². The summed E-state index contributed by atoms with van der Waals surface area (Å²) in [7, 11) is 1.32. The van der Waals surface area contributed by atoms with Gasteiger partial charge in [-0.2, -0.15) is 0 Å². The molecule has 0 aromatic heterocycles. The van der Waals surface area contributed by atoms with Crippen LogP contribution in [0.4, 0.5) is 0 Å². The highest BCUT2D eigenvalue weighted by Gasteiger charge is 2.12. The van der Waals surface area contributed by atoms with E-state index in [-0.39, 0.29) is 11.9 Å². The molecule has 0 saturated heterocycles. The van der Waals surface area contributed by atoms with E-state index in [1.54, 1.807) is 36.4 Å². The summed E-state index contributed by atoms with van der Waals surface area (Å²) in [4.78, 5) is 23.5. The van der Waals surface area contributed by atoms with Gasteiger partial charge in [-0.05, 0) is 48.9 Å². The van der Waals surface area contributed by atoms with Gasteiger partial charge in [-0.25, -0.2) is 4.79 Å². The van der Waals surface area contributed by atoms with Gasteiger partial charge in [-0.15, -0.1) is 0 Å². The molecule has 0 spiro atoms. The minimum absolute atomic E-state index is 0.148. The zero-order valence-corrected chi connectivity index (χ0v) is 13.1. The molecule has 0 bridgehead atoms. The fraction of sp³-hybridized carbons (Fsp3) is 0.176. The molecule has 1 atom stereocenters. The Labute approximate surface area is 134 Å². The number of ether oxygens (including phenoxy) is 1. The Balaban J connectivity index is 2.05. The molecule has 5 heteroatoms. The molecular formula is C17H16ClNO3. The Kier molecular flexibility index (Phi) is 5.17. The van der Waals surface area contributed by atoms with Gasteiger partial charge in [-0.1, -0.05) is 23.7 Å². The Morgan fingerprint density at radius 1 is 1.00 bits per heavy atom. The summed E-state index contributed by atoms with van der Waals surface area (Å²) in [5.41, 5.74) is 1.85. The topological polar surface area (TPSA) is 55.4 Å². The first kappa shape index (κ1) is 16.0. The molecule has 1 amide bonds. The Bertz CT molecular complexity index is 665. The standard InChI is InChI=1S/C17H16ClNO3/c1-11(12-7-9-15(18)10-8-12)19-16(20)13-3-5-14(6-4-13)17(21)22-2/h3-11H,1-2H3,(H,19,20)/t11-/m1/s1. The van der Waals surface area contributed by atoms with Crippen molar-refractivity contribution in [2.45, 2.75) is 13.0 Å². The highest BCUT2D eigenvalue weighted by atomic mass is 35.5. The predicted molar refractivity (Wildman–Crippen MR) is 85.1 cm³/mol. The first-order chi connectivity index (χ1) is 10.5. The van der Waals surface area contributed by atoms with Crippen molar-refractivity contribution >= 4 is 23.5 Å². The van der Waals surface area contributed by atoms with E-state index in [1.165, 1.54) is 7.11 Å². The fourth-order valence-electron chi connectivity index (χ4n) is 1.99. The molecule has 2 aromatic rings. The van der Waals surface area contributed by atoms with E-state index < -0.39 is 5.97 Å². The average molecular weight is 318 g/mol. The van der Waals surface area contributed by atoms with Gasteiger partial charge in [0.1, 0.15) is 0 Å². The van der Waals surface area contributed by atoms with Crippen LogP contribution in [-0.4, -0.2) is 19.0 Å². The second kappa shape index (κ2) is 7.09. The van der Waals surface area contributed by atoms with Gasteiger partial charge in [0.15, 0.2) is 0 Å². The second-order valence-electron chi connectivity index (χ2n) is 4.82. The van der Waals surface area contributed by atoms with Crippen LogP contribution in [0.25, 0.3) is 0 Å². The lowest BCUT2D eigenvalue weighted by Crippen LogP contribution is -2.26. The third-order valence-corrected chi connectivity index (χ3v) is 3.54. The number of rotatable bonds is 4. The predicted octanol–water partition coefficient (Wildman–Crippen LogP) is 3.62. The third kappa shape index (κ3) is 3.86. The fourth-order valence-corrected chi connectivity index (χ4v) is 2.12. The maximum Gasteiger partial charge on any atom is 0.337 e. The number of esters is 1. The molecule has 0 unspecified atom stereocenters. The zero-order valence-electron chi connectivity index (χ0n) is 12.3. The third-order valence-electron chi connectivity index (χ3n) is 3.29. The van der Waals surface area contributed by atoms with E-state index in [1.807, 2.05) is 19.1 Å². The zero-order chi connectivity index (χ0) is 16.1. The van der Waals surface area contributed by atoms with Crippen molar-refractivity contribution < 1.29 is 14.3 Å². The quantitative estimate of drug-likeness (QED) is 0.876. The van der Waals surface area contributed by atoms with Gasteiger partial charge in [0.2, 0.25) is 0 Å². The Morgan fingerprint density at radius 3 is 2.09 bits per heavy atom. The molecular weight excluding hydrogens is 302 g/mol. The first-order valence-corrected chi connectivity index (χ1v) is 7.14. The van der Waals surface area contributed by atoms with Gasteiger partial charge in [-0.3, -0.25) is 4.79 Å². The maximum atomic E-state index is 12.2. The van der Waals surface area contributed by atoms with Crippen molar-refractivity contribution in [3.05, 3.63) is 70.2 Å². The van der Waals surface area contributed by atoms with E-state index >= 15 is 0 Å². The van der Waals surface area contributed by atoms with Gasteiger partial charge in [0.05, 0.1) is 18.7 Å². The summed E-state index contributed by atoms with van der Waals surface area (Å²) in [5, 5.41) is 3.55. The number of hydrogen-bond donors (Lipinski definition) is 1. The Hall–Kier alpha value is -2.33. The lowest BCUT2D eigenvalue weighted by atomic mass is 10.1. The van der Waals surface area contributed by atoms with Crippen molar-refractivity contribution in [3.8, 4) is 0 Å².